The van der Waals surface area contributed by atoms with E-state index in [-0.39, 0.29) is 12.5 Å². The van der Waals surface area contributed by atoms with Gasteiger partial charge in [0.25, 0.3) is 0 Å². The molecule has 0 heterocycles. The molecule has 1 aliphatic rings. The minimum absolute atomic E-state index is 0.109. The van der Waals surface area contributed by atoms with E-state index in [2.05, 4.69) is 6.07 Å². The van der Waals surface area contributed by atoms with Gasteiger partial charge in [0, 0.05) is 19.3 Å². The quantitative estimate of drug-likeness (QED) is 0.820. The molecular formula is C14H17NO4S. The SMILES string of the molecule is COC[C@@]1(C#N)[C@H](c2ccc(OC)cc2)[C@@H]1S(C)(=O)=O. The van der Waals surface area contributed by atoms with E-state index in [1.54, 1.807) is 31.4 Å². The highest BCUT2D eigenvalue weighted by atomic mass is 32.2. The Bertz CT molecular complexity index is 632. The Kier molecular flexibility index (Phi) is 3.76. The lowest BCUT2D eigenvalue weighted by Gasteiger charge is -2.07. The number of nitrogens with zero attached hydrogens (tertiary/aromatic N) is 1. The molecule has 0 spiro atoms. The van der Waals surface area contributed by atoms with E-state index in [1.165, 1.54) is 13.4 Å². The second-order valence-corrected chi connectivity index (χ2v) is 7.25. The van der Waals surface area contributed by atoms with Gasteiger partial charge in [0.05, 0.1) is 25.0 Å². The zero-order valence-corrected chi connectivity index (χ0v) is 12.5. The van der Waals surface area contributed by atoms with Crippen LogP contribution in [0.15, 0.2) is 24.3 Å². The fourth-order valence-electron chi connectivity index (χ4n) is 2.89. The largest absolute Gasteiger partial charge is 0.497 e. The fraction of sp³-hybridized carbons (Fsp3) is 0.500. The summed E-state index contributed by atoms with van der Waals surface area (Å²) in [6, 6.07) is 9.29. The van der Waals surface area contributed by atoms with Crippen molar-refractivity contribution in [3.63, 3.8) is 0 Å². The Hall–Kier alpha value is -1.58. The average molecular weight is 295 g/mol. The number of rotatable bonds is 5. The lowest BCUT2D eigenvalue weighted by Crippen LogP contribution is -2.17. The van der Waals surface area contributed by atoms with Gasteiger partial charge in [-0.25, -0.2) is 8.42 Å². The molecule has 0 amide bonds. The highest BCUT2D eigenvalue weighted by molar-refractivity contribution is 7.91. The van der Waals surface area contributed by atoms with E-state index in [9.17, 15) is 13.7 Å². The van der Waals surface area contributed by atoms with Crippen LogP contribution in [0.25, 0.3) is 0 Å². The maximum absolute atomic E-state index is 11.9. The lowest BCUT2D eigenvalue weighted by molar-refractivity contribution is 0.162. The van der Waals surface area contributed by atoms with Crippen LogP contribution in [-0.2, 0) is 14.6 Å². The number of hydrogen-bond donors (Lipinski definition) is 0. The van der Waals surface area contributed by atoms with Gasteiger partial charge in [-0.05, 0) is 17.7 Å². The van der Waals surface area contributed by atoms with Crippen LogP contribution in [0.2, 0.25) is 0 Å². The van der Waals surface area contributed by atoms with E-state index in [1.807, 2.05) is 0 Å². The molecule has 0 aromatic heterocycles. The van der Waals surface area contributed by atoms with E-state index in [4.69, 9.17) is 9.47 Å². The summed E-state index contributed by atoms with van der Waals surface area (Å²) in [6.45, 7) is 0.109. The molecule has 1 aromatic carbocycles. The summed E-state index contributed by atoms with van der Waals surface area (Å²) in [5.74, 6) is 0.341. The Morgan fingerprint density at radius 3 is 2.30 bits per heavy atom. The Balaban J connectivity index is 2.41. The molecule has 0 unspecified atom stereocenters. The summed E-state index contributed by atoms with van der Waals surface area (Å²) in [5, 5.41) is 8.72. The molecule has 0 saturated heterocycles. The van der Waals surface area contributed by atoms with Crippen LogP contribution in [-0.4, -0.2) is 40.7 Å². The van der Waals surface area contributed by atoms with Gasteiger partial charge in [-0.1, -0.05) is 12.1 Å². The number of nitriles is 1. The lowest BCUT2D eigenvalue weighted by atomic mass is 10.0. The minimum atomic E-state index is -3.32. The molecule has 1 saturated carbocycles. The number of hydrogen-bond acceptors (Lipinski definition) is 5. The van der Waals surface area contributed by atoms with E-state index in [0.717, 1.165) is 5.56 Å². The molecule has 5 nitrogen and oxygen atoms in total. The molecule has 1 aliphatic carbocycles. The molecule has 0 bridgehead atoms. The van der Waals surface area contributed by atoms with Crippen LogP contribution in [0.5, 0.6) is 5.75 Å². The summed E-state index contributed by atoms with van der Waals surface area (Å²) >= 11 is 0. The first-order valence-electron chi connectivity index (χ1n) is 6.13. The first-order chi connectivity index (χ1) is 9.40. The molecule has 6 heteroatoms. The predicted octanol–water partition coefficient (Wildman–Crippen LogP) is 1.36. The second-order valence-electron chi connectivity index (χ2n) is 5.09. The van der Waals surface area contributed by atoms with Gasteiger partial charge in [0.15, 0.2) is 9.84 Å². The van der Waals surface area contributed by atoms with Crippen molar-refractivity contribution in [2.75, 3.05) is 27.1 Å². The third kappa shape index (κ3) is 2.28. The third-order valence-corrected chi connectivity index (χ3v) is 5.40. The molecule has 1 fully saturated rings. The van der Waals surface area contributed by atoms with Crippen molar-refractivity contribution in [1.29, 1.82) is 5.26 Å². The summed E-state index contributed by atoms with van der Waals surface area (Å²) in [4.78, 5) is 0. The number of ether oxygens (including phenoxy) is 2. The first-order valence-corrected chi connectivity index (χ1v) is 8.09. The number of benzene rings is 1. The van der Waals surface area contributed by atoms with E-state index >= 15 is 0 Å². The molecule has 0 radical (unpaired) electrons. The van der Waals surface area contributed by atoms with Crippen molar-refractivity contribution in [3.8, 4) is 11.8 Å². The van der Waals surface area contributed by atoms with Gasteiger partial charge in [-0.3, -0.25) is 0 Å². The number of sulfone groups is 1. The third-order valence-electron chi connectivity index (χ3n) is 3.78. The molecule has 0 N–H and O–H groups in total. The van der Waals surface area contributed by atoms with E-state index in [0.29, 0.717) is 5.75 Å². The molecule has 20 heavy (non-hydrogen) atoms. The Morgan fingerprint density at radius 2 is 1.90 bits per heavy atom. The normalized spacial score (nSPS) is 28.7. The van der Waals surface area contributed by atoms with Crippen LogP contribution < -0.4 is 4.74 Å². The van der Waals surface area contributed by atoms with Crippen molar-refractivity contribution in [2.24, 2.45) is 5.41 Å². The molecule has 2 rings (SSSR count). The van der Waals surface area contributed by atoms with Crippen LogP contribution >= 0.6 is 0 Å². The Morgan fingerprint density at radius 1 is 1.30 bits per heavy atom. The van der Waals surface area contributed by atoms with Gasteiger partial charge in [-0.2, -0.15) is 5.26 Å². The topological polar surface area (TPSA) is 76.4 Å². The highest BCUT2D eigenvalue weighted by Crippen LogP contribution is 2.62. The van der Waals surface area contributed by atoms with Gasteiger partial charge in [0.1, 0.15) is 11.2 Å². The molecule has 108 valence electrons. The second kappa shape index (κ2) is 5.08. The average Bonchev–Trinajstić information content (AvgIpc) is 3.09. The maximum atomic E-state index is 11.9. The highest BCUT2D eigenvalue weighted by Gasteiger charge is 2.71. The maximum Gasteiger partial charge on any atom is 0.152 e. The fourth-order valence-corrected chi connectivity index (χ4v) is 4.74. The van der Waals surface area contributed by atoms with Crippen LogP contribution in [0.3, 0.4) is 0 Å². The summed E-state index contributed by atoms with van der Waals surface area (Å²) in [7, 11) is -0.279. The molecular weight excluding hydrogens is 278 g/mol. The van der Waals surface area contributed by atoms with Crippen LogP contribution in [0.1, 0.15) is 11.5 Å². The van der Waals surface area contributed by atoms with Crippen LogP contribution in [0, 0.1) is 16.7 Å². The predicted molar refractivity (Wildman–Crippen MR) is 74.3 cm³/mol. The van der Waals surface area contributed by atoms with Crippen molar-refractivity contribution >= 4 is 9.84 Å². The standard InChI is InChI=1S/C14H17NO4S/c1-18-9-14(8-15)12(13(14)20(3,16)17)10-4-6-11(19-2)7-5-10/h4-7,12-13H,9H2,1-3H3/t12-,13+,14+/m1/s1. The summed E-state index contributed by atoms with van der Waals surface area (Å²) in [5.41, 5.74) is -0.170. The summed E-state index contributed by atoms with van der Waals surface area (Å²) in [6.07, 6.45) is 1.17. The van der Waals surface area contributed by atoms with Crippen LogP contribution in [0.4, 0.5) is 0 Å². The zero-order chi connectivity index (χ0) is 15.0. The van der Waals surface area contributed by atoms with E-state index < -0.39 is 20.5 Å². The van der Waals surface area contributed by atoms with Gasteiger partial charge < -0.3 is 9.47 Å². The molecule has 1 aromatic rings. The minimum Gasteiger partial charge on any atom is -0.497 e. The van der Waals surface area contributed by atoms with Crippen molar-refractivity contribution in [2.45, 2.75) is 11.2 Å². The number of methoxy groups -OCH3 is 2. The zero-order valence-electron chi connectivity index (χ0n) is 11.7. The molecule has 3 atom stereocenters. The van der Waals surface area contributed by atoms with Crippen molar-refractivity contribution < 1.29 is 17.9 Å². The molecule has 0 aliphatic heterocycles. The Labute approximate surface area is 119 Å². The van der Waals surface area contributed by atoms with Gasteiger partial charge in [0.2, 0.25) is 0 Å². The smallest absolute Gasteiger partial charge is 0.152 e. The van der Waals surface area contributed by atoms with Gasteiger partial charge >= 0.3 is 0 Å². The van der Waals surface area contributed by atoms with Crippen molar-refractivity contribution in [1.82, 2.24) is 0 Å². The summed E-state index contributed by atoms with van der Waals surface area (Å²) < 4.78 is 34.0. The van der Waals surface area contributed by atoms with Crippen molar-refractivity contribution in [3.05, 3.63) is 29.8 Å². The monoisotopic (exact) mass is 295 g/mol. The van der Waals surface area contributed by atoms with Gasteiger partial charge in [-0.15, -0.1) is 0 Å². The first kappa shape index (κ1) is 14.8.